The summed E-state index contributed by atoms with van der Waals surface area (Å²) in [5.41, 5.74) is 0. The number of hydrogen-bond donors (Lipinski definition) is 1. The molecule has 0 amide bonds. The summed E-state index contributed by atoms with van der Waals surface area (Å²) in [6.45, 7) is 5.93. The maximum Gasteiger partial charge on any atom is 0.156 e. The molecule has 100 valence electrons. The van der Waals surface area contributed by atoms with Crippen molar-refractivity contribution in [3.05, 3.63) is 11.6 Å². The number of aryl methyl sites for hydroxylation is 1. The molecule has 0 aromatic carbocycles. The summed E-state index contributed by atoms with van der Waals surface area (Å²) < 4.78 is 7.83. The van der Waals surface area contributed by atoms with Gasteiger partial charge in [-0.15, -0.1) is 0 Å². The van der Waals surface area contributed by atoms with Crippen LogP contribution in [-0.4, -0.2) is 34.5 Å². The van der Waals surface area contributed by atoms with Gasteiger partial charge in [0.15, 0.2) is 11.6 Å². The van der Waals surface area contributed by atoms with Crippen molar-refractivity contribution >= 4 is 0 Å². The number of piperidine rings is 1. The zero-order chi connectivity index (χ0) is 12.4. The molecule has 3 heterocycles. The van der Waals surface area contributed by atoms with E-state index in [1.54, 1.807) is 0 Å². The lowest BCUT2D eigenvalue weighted by Crippen LogP contribution is -2.29. The normalized spacial score (nSPS) is 28.1. The van der Waals surface area contributed by atoms with Gasteiger partial charge in [-0.2, -0.15) is 5.10 Å². The quantitative estimate of drug-likeness (QED) is 0.885. The maximum absolute atomic E-state index is 5.77. The van der Waals surface area contributed by atoms with Gasteiger partial charge in [-0.05, 0) is 39.2 Å². The van der Waals surface area contributed by atoms with Gasteiger partial charge in [-0.25, -0.2) is 9.67 Å². The maximum atomic E-state index is 5.77. The molecule has 1 aromatic rings. The second kappa shape index (κ2) is 5.36. The first-order chi connectivity index (χ1) is 8.88. The second-order valence-corrected chi connectivity index (χ2v) is 5.18. The Labute approximate surface area is 108 Å². The lowest BCUT2D eigenvalue weighted by molar-refractivity contribution is 0.0349. The van der Waals surface area contributed by atoms with Gasteiger partial charge in [0.25, 0.3) is 0 Å². The molecular weight excluding hydrogens is 228 g/mol. The van der Waals surface area contributed by atoms with Crippen LogP contribution in [0.5, 0.6) is 0 Å². The number of hydrogen-bond acceptors (Lipinski definition) is 4. The molecule has 0 spiro atoms. The molecule has 18 heavy (non-hydrogen) atoms. The van der Waals surface area contributed by atoms with Crippen molar-refractivity contribution < 1.29 is 4.74 Å². The van der Waals surface area contributed by atoms with Crippen molar-refractivity contribution in [3.8, 4) is 0 Å². The van der Waals surface area contributed by atoms with E-state index in [9.17, 15) is 0 Å². The molecule has 2 aliphatic rings. The summed E-state index contributed by atoms with van der Waals surface area (Å²) >= 11 is 0. The van der Waals surface area contributed by atoms with E-state index in [-0.39, 0.29) is 6.10 Å². The molecule has 1 saturated heterocycles. The van der Waals surface area contributed by atoms with Crippen LogP contribution in [0, 0.1) is 0 Å². The molecule has 3 rings (SSSR count). The van der Waals surface area contributed by atoms with Gasteiger partial charge in [0.05, 0.1) is 0 Å². The van der Waals surface area contributed by atoms with Gasteiger partial charge >= 0.3 is 0 Å². The molecule has 1 fully saturated rings. The average Bonchev–Trinajstić information content (AvgIpc) is 2.85. The van der Waals surface area contributed by atoms with Gasteiger partial charge in [0.1, 0.15) is 6.10 Å². The van der Waals surface area contributed by atoms with E-state index in [1.165, 1.54) is 12.8 Å². The topological polar surface area (TPSA) is 52.0 Å². The molecule has 5 nitrogen and oxygen atoms in total. The Balaban J connectivity index is 1.81. The minimum atomic E-state index is 0.154. The molecule has 0 radical (unpaired) electrons. The Kier molecular flexibility index (Phi) is 3.61. The second-order valence-electron chi connectivity index (χ2n) is 5.18. The van der Waals surface area contributed by atoms with Gasteiger partial charge in [0, 0.05) is 25.6 Å². The van der Waals surface area contributed by atoms with Gasteiger partial charge in [-0.3, -0.25) is 0 Å². The molecule has 0 saturated carbocycles. The first-order valence-electron chi connectivity index (χ1n) is 7.15. The van der Waals surface area contributed by atoms with E-state index >= 15 is 0 Å². The highest BCUT2D eigenvalue weighted by atomic mass is 16.5. The SMILES string of the molecule is CCOC1CCCn2nc(C3CCCNC3)nc21. The van der Waals surface area contributed by atoms with E-state index in [4.69, 9.17) is 14.8 Å². The number of fused-ring (bicyclic) bond motifs is 1. The van der Waals surface area contributed by atoms with E-state index < -0.39 is 0 Å². The predicted molar refractivity (Wildman–Crippen MR) is 68.5 cm³/mol. The number of nitrogens with zero attached hydrogens (tertiary/aromatic N) is 3. The summed E-state index contributed by atoms with van der Waals surface area (Å²) in [7, 11) is 0. The van der Waals surface area contributed by atoms with E-state index in [1.807, 2.05) is 6.92 Å². The average molecular weight is 250 g/mol. The minimum Gasteiger partial charge on any atom is -0.371 e. The fraction of sp³-hybridized carbons (Fsp3) is 0.846. The van der Waals surface area contributed by atoms with Crippen LogP contribution >= 0.6 is 0 Å². The minimum absolute atomic E-state index is 0.154. The van der Waals surface area contributed by atoms with Gasteiger partial charge in [-0.1, -0.05) is 0 Å². The molecular formula is C13H22N4O. The van der Waals surface area contributed by atoms with Crippen LogP contribution in [0.2, 0.25) is 0 Å². The van der Waals surface area contributed by atoms with Crippen molar-refractivity contribution in [1.82, 2.24) is 20.1 Å². The lowest BCUT2D eigenvalue weighted by Gasteiger charge is -2.21. The summed E-state index contributed by atoms with van der Waals surface area (Å²) in [4.78, 5) is 4.76. The Morgan fingerprint density at radius 1 is 1.39 bits per heavy atom. The van der Waals surface area contributed by atoms with Gasteiger partial charge < -0.3 is 10.1 Å². The fourth-order valence-corrected chi connectivity index (χ4v) is 2.93. The zero-order valence-electron chi connectivity index (χ0n) is 11.1. The third kappa shape index (κ3) is 2.29. The molecule has 5 heteroatoms. The molecule has 0 bridgehead atoms. The van der Waals surface area contributed by atoms with E-state index in [2.05, 4.69) is 10.00 Å². The Morgan fingerprint density at radius 3 is 3.11 bits per heavy atom. The standard InChI is InChI=1S/C13H22N4O/c1-2-18-11-6-4-8-17-13(11)15-12(16-17)10-5-3-7-14-9-10/h10-11,14H,2-9H2,1H3. The highest BCUT2D eigenvalue weighted by molar-refractivity contribution is 5.05. The monoisotopic (exact) mass is 250 g/mol. The van der Waals surface area contributed by atoms with E-state index in [0.29, 0.717) is 5.92 Å². The molecule has 2 aliphatic heterocycles. The van der Waals surface area contributed by atoms with Crippen molar-refractivity contribution in [2.24, 2.45) is 0 Å². The number of nitrogens with one attached hydrogen (secondary N) is 1. The smallest absolute Gasteiger partial charge is 0.156 e. The summed E-state index contributed by atoms with van der Waals surface area (Å²) in [5.74, 6) is 2.55. The van der Waals surface area contributed by atoms with Crippen LogP contribution in [0.15, 0.2) is 0 Å². The molecule has 1 N–H and O–H groups in total. The Hall–Kier alpha value is -0.940. The van der Waals surface area contributed by atoms with Crippen molar-refractivity contribution in [2.45, 2.75) is 51.2 Å². The van der Waals surface area contributed by atoms with Crippen LogP contribution in [0.3, 0.4) is 0 Å². The Morgan fingerprint density at radius 2 is 2.33 bits per heavy atom. The third-order valence-electron chi connectivity index (χ3n) is 3.87. The molecule has 2 unspecified atom stereocenters. The van der Waals surface area contributed by atoms with Crippen LogP contribution in [0.25, 0.3) is 0 Å². The molecule has 0 aliphatic carbocycles. The number of ether oxygens (including phenoxy) is 1. The van der Waals surface area contributed by atoms with Crippen LogP contribution < -0.4 is 5.32 Å². The first kappa shape index (κ1) is 12.1. The van der Waals surface area contributed by atoms with E-state index in [0.717, 1.165) is 50.7 Å². The highest BCUT2D eigenvalue weighted by Gasteiger charge is 2.27. The summed E-state index contributed by atoms with van der Waals surface area (Å²) in [5, 5.41) is 8.12. The van der Waals surface area contributed by atoms with Crippen LogP contribution in [0.1, 0.15) is 56.3 Å². The lowest BCUT2D eigenvalue weighted by atomic mass is 9.99. The Bertz CT molecular complexity index is 398. The number of aromatic nitrogens is 3. The van der Waals surface area contributed by atoms with Crippen LogP contribution in [-0.2, 0) is 11.3 Å². The summed E-state index contributed by atoms with van der Waals surface area (Å²) in [6.07, 6.45) is 4.80. The van der Waals surface area contributed by atoms with Crippen molar-refractivity contribution in [2.75, 3.05) is 19.7 Å². The van der Waals surface area contributed by atoms with Crippen molar-refractivity contribution in [1.29, 1.82) is 0 Å². The molecule has 2 atom stereocenters. The zero-order valence-corrected chi connectivity index (χ0v) is 11.1. The molecule has 1 aromatic heterocycles. The number of rotatable bonds is 3. The van der Waals surface area contributed by atoms with Gasteiger partial charge in [0.2, 0.25) is 0 Å². The summed E-state index contributed by atoms with van der Waals surface area (Å²) in [6, 6.07) is 0. The highest BCUT2D eigenvalue weighted by Crippen LogP contribution is 2.29. The first-order valence-corrected chi connectivity index (χ1v) is 7.15. The third-order valence-corrected chi connectivity index (χ3v) is 3.87. The fourth-order valence-electron chi connectivity index (χ4n) is 2.93. The van der Waals surface area contributed by atoms with Crippen LogP contribution in [0.4, 0.5) is 0 Å². The predicted octanol–water partition coefficient (Wildman–Crippen LogP) is 1.62. The van der Waals surface area contributed by atoms with Crippen molar-refractivity contribution in [3.63, 3.8) is 0 Å². The largest absolute Gasteiger partial charge is 0.371 e.